The summed E-state index contributed by atoms with van der Waals surface area (Å²) < 4.78 is 26.9. The molecule has 0 heterocycles. The fraction of sp³-hybridized carbons (Fsp3) is 0.200. The minimum atomic E-state index is -0.313. The second kappa shape index (κ2) is 5.80. The van der Waals surface area contributed by atoms with Crippen molar-refractivity contribution in [2.24, 2.45) is 5.73 Å². The molecule has 0 radical (unpaired) electrons. The van der Waals surface area contributed by atoms with Gasteiger partial charge in [-0.25, -0.2) is 8.78 Å². The summed E-state index contributed by atoms with van der Waals surface area (Å²) in [5.41, 5.74) is 8.57. The number of nitrogens with two attached hydrogens (primary N) is 1. The lowest BCUT2D eigenvalue weighted by Crippen LogP contribution is -2.14. The molecule has 0 aliphatic heterocycles. The van der Waals surface area contributed by atoms with Gasteiger partial charge in [-0.3, -0.25) is 0 Å². The smallest absolute Gasteiger partial charge is 0.137 e. The third kappa shape index (κ3) is 3.61. The van der Waals surface area contributed by atoms with Crippen molar-refractivity contribution in [3.05, 3.63) is 69.2 Å². The van der Waals surface area contributed by atoms with E-state index in [9.17, 15) is 8.78 Å². The van der Waals surface area contributed by atoms with E-state index in [0.717, 1.165) is 16.7 Å². The van der Waals surface area contributed by atoms with Crippen LogP contribution in [0.4, 0.5) is 8.78 Å². The first-order valence-electron chi connectivity index (χ1n) is 5.92. The maximum absolute atomic E-state index is 13.3. The van der Waals surface area contributed by atoms with Gasteiger partial charge in [0.2, 0.25) is 0 Å². The van der Waals surface area contributed by atoms with Gasteiger partial charge in [0.25, 0.3) is 0 Å². The fourth-order valence-electron chi connectivity index (χ4n) is 2.02. The Hall–Kier alpha value is -1.26. The van der Waals surface area contributed by atoms with E-state index in [2.05, 4.69) is 15.9 Å². The Morgan fingerprint density at radius 2 is 1.89 bits per heavy atom. The molecular formula is C15H14BrF2N. The average Bonchev–Trinajstić information content (AvgIpc) is 2.32. The predicted molar refractivity (Wildman–Crippen MR) is 75.9 cm³/mol. The van der Waals surface area contributed by atoms with Gasteiger partial charge < -0.3 is 5.73 Å². The third-order valence-corrected chi connectivity index (χ3v) is 3.54. The van der Waals surface area contributed by atoms with Crippen LogP contribution in [0.3, 0.4) is 0 Å². The highest BCUT2D eigenvalue weighted by molar-refractivity contribution is 9.10. The Morgan fingerprint density at radius 3 is 2.53 bits per heavy atom. The quantitative estimate of drug-likeness (QED) is 0.895. The lowest BCUT2D eigenvalue weighted by atomic mass is 9.98. The number of rotatable bonds is 3. The highest BCUT2D eigenvalue weighted by atomic mass is 79.9. The normalized spacial score (nSPS) is 12.5. The molecule has 2 rings (SSSR count). The molecule has 19 heavy (non-hydrogen) atoms. The van der Waals surface area contributed by atoms with E-state index in [4.69, 9.17) is 5.73 Å². The van der Waals surface area contributed by atoms with Crippen LogP contribution in [-0.2, 0) is 6.42 Å². The molecule has 4 heteroatoms. The van der Waals surface area contributed by atoms with Gasteiger partial charge in [0.15, 0.2) is 0 Å². The summed E-state index contributed by atoms with van der Waals surface area (Å²) in [6, 6.07) is 9.23. The van der Waals surface area contributed by atoms with Crippen molar-refractivity contribution in [1.82, 2.24) is 0 Å². The van der Waals surface area contributed by atoms with Crippen LogP contribution in [-0.4, -0.2) is 0 Å². The van der Waals surface area contributed by atoms with Crippen LogP contribution in [0.1, 0.15) is 22.7 Å². The Bertz CT molecular complexity index is 578. The molecular weight excluding hydrogens is 312 g/mol. The molecule has 0 saturated heterocycles. The molecule has 0 fully saturated rings. The van der Waals surface area contributed by atoms with E-state index in [0.29, 0.717) is 10.9 Å². The van der Waals surface area contributed by atoms with E-state index in [1.165, 1.54) is 18.2 Å². The minimum absolute atomic E-state index is 0.286. The standard InChI is InChI=1S/C15H14BrF2N/c1-9-4-11(8-12(17)5-9)15(19)7-10-2-3-14(18)13(16)6-10/h2-6,8,15H,7,19H2,1H3. The van der Waals surface area contributed by atoms with Gasteiger partial charge in [-0.1, -0.05) is 12.1 Å². The zero-order chi connectivity index (χ0) is 14.0. The first-order valence-corrected chi connectivity index (χ1v) is 6.71. The van der Waals surface area contributed by atoms with Crippen molar-refractivity contribution in [3.63, 3.8) is 0 Å². The summed E-state index contributed by atoms with van der Waals surface area (Å²) in [6.45, 7) is 1.83. The zero-order valence-electron chi connectivity index (χ0n) is 10.5. The number of aryl methyl sites for hydroxylation is 1. The van der Waals surface area contributed by atoms with Gasteiger partial charge in [0.1, 0.15) is 11.6 Å². The highest BCUT2D eigenvalue weighted by Crippen LogP contribution is 2.22. The highest BCUT2D eigenvalue weighted by Gasteiger charge is 2.10. The molecule has 0 bridgehead atoms. The molecule has 0 aliphatic carbocycles. The van der Waals surface area contributed by atoms with Crippen molar-refractivity contribution in [1.29, 1.82) is 0 Å². The second-order valence-corrected chi connectivity index (χ2v) is 5.48. The molecule has 2 aromatic carbocycles. The Balaban J connectivity index is 2.20. The molecule has 0 spiro atoms. The number of hydrogen-bond donors (Lipinski definition) is 1. The topological polar surface area (TPSA) is 26.0 Å². The van der Waals surface area contributed by atoms with Gasteiger partial charge in [-0.2, -0.15) is 0 Å². The summed E-state index contributed by atoms with van der Waals surface area (Å²) in [5.74, 6) is -0.593. The fourth-order valence-corrected chi connectivity index (χ4v) is 2.44. The van der Waals surface area contributed by atoms with E-state index in [-0.39, 0.29) is 17.7 Å². The Morgan fingerprint density at radius 1 is 1.16 bits per heavy atom. The minimum Gasteiger partial charge on any atom is -0.324 e. The maximum atomic E-state index is 13.3. The first kappa shape index (κ1) is 14.2. The van der Waals surface area contributed by atoms with Gasteiger partial charge in [-0.15, -0.1) is 0 Å². The third-order valence-electron chi connectivity index (χ3n) is 2.93. The second-order valence-electron chi connectivity index (χ2n) is 4.62. The summed E-state index contributed by atoms with van der Waals surface area (Å²) in [6.07, 6.45) is 0.530. The predicted octanol–water partition coefficient (Wildman–Crippen LogP) is 4.28. The van der Waals surface area contributed by atoms with E-state index < -0.39 is 0 Å². The number of benzene rings is 2. The number of hydrogen-bond acceptors (Lipinski definition) is 1. The molecule has 1 atom stereocenters. The lowest BCUT2D eigenvalue weighted by Gasteiger charge is -2.13. The first-order chi connectivity index (χ1) is 8.95. The SMILES string of the molecule is Cc1cc(F)cc(C(N)Cc2ccc(F)c(Br)c2)c1. The molecule has 2 N–H and O–H groups in total. The van der Waals surface area contributed by atoms with Crippen LogP contribution in [0.15, 0.2) is 40.9 Å². The van der Waals surface area contributed by atoms with E-state index in [1.807, 2.05) is 13.0 Å². The molecule has 100 valence electrons. The van der Waals surface area contributed by atoms with Gasteiger partial charge in [0, 0.05) is 6.04 Å². The van der Waals surface area contributed by atoms with Gasteiger partial charge in [0.05, 0.1) is 4.47 Å². The molecule has 0 amide bonds. The van der Waals surface area contributed by atoms with Crippen LogP contribution in [0.2, 0.25) is 0 Å². The lowest BCUT2D eigenvalue weighted by molar-refractivity contribution is 0.614. The van der Waals surface area contributed by atoms with E-state index >= 15 is 0 Å². The Labute approximate surface area is 119 Å². The maximum Gasteiger partial charge on any atom is 0.137 e. The van der Waals surface area contributed by atoms with Crippen LogP contribution in [0.5, 0.6) is 0 Å². The van der Waals surface area contributed by atoms with Gasteiger partial charge >= 0.3 is 0 Å². The van der Waals surface area contributed by atoms with Crippen molar-refractivity contribution in [3.8, 4) is 0 Å². The summed E-state index contributed by atoms with van der Waals surface area (Å²) in [7, 11) is 0. The van der Waals surface area contributed by atoms with Gasteiger partial charge in [-0.05, 0) is 70.2 Å². The summed E-state index contributed by atoms with van der Waals surface area (Å²) in [4.78, 5) is 0. The molecule has 0 aliphatic rings. The molecule has 0 saturated carbocycles. The van der Waals surface area contributed by atoms with Crippen LogP contribution < -0.4 is 5.73 Å². The monoisotopic (exact) mass is 325 g/mol. The van der Waals surface area contributed by atoms with Crippen molar-refractivity contribution >= 4 is 15.9 Å². The van der Waals surface area contributed by atoms with Crippen molar-refractivity contribution in [2.45, 2.75) is 19.4 Å². The summed E-state index contributed by atoms with van der Waals surface area (Å²) >= 11 is 3.14. The molecule has 1 nitrogen and oxygen atoms in total. The zero-order valence-corrected chi connectivity index (χ0v) is 12.0. The largest absolute Gasteiger partial charge is 0.324 e. The number of halogens is 3. The average molecular weight is 326 g/mol. The molecule has 0 aromatic heterocycles. The van der Waals surface area contributed by atoms with Crippen molar-refractivity contribution < 1.29 is 8.78 Å². The van der Waals surface area contributed by atoms with Crippen LogP contribution >= 0.6 is 15.9 Å². The van der Waals surface area contributed by atoms with Crippen LogP contribution in [0.25, 0.3) is 0 Å². The summed E-state index contributed by atoms with van der Waals surface area (Å²) in [5, 5.41) is 0. The van der Waals surface area contributed by atoms with Crippen molar-refractivity contribution in [2.75, 3.05) is 0 Å². The molecule has 2 aromatic rings. The van der Waals surface area contributed by atoms with Crippen LogP contribution in [0, 0.1) is 18.6 Å². The Kier molecular flexibility index (Phi) is 4.32. The molecule has 1 unspecified atom stereocenters. The van der Waals surface area contributed by atoms with E-state index in [1.54, 1.807) is 12.1 Å².